The van der Waals surface area contributed by atoms with Crippen LogP contribution < -0.4 is 0 Å². The Morgan fingerprint density at radius 3 is 1.19 bits per heavy atom. The van der Waals surface area contributed by atoms with Crippen LogP contribution in [0, 0.1) is 0 Å². The highest BCUT2D eigenvalue weighted by atomic mass is 19.4. The average molecular weight is 261 g/mol. The maximum Gasteiger partial charge on any atom is 0.473 e. The van der Waals surface area contributed by atoms with Crippen molar-refractivity contribution in [3.8, 4) is 0 Å². The van der Waals surface area contributed by atoms with Crippen LogP contribution in [0.2, 0.25) is 0 Å². The second-order valence-corrected chi connectivity index (χ2v) is 2.26. The first kappa shape index (κ1) is 14.7. The zero-order chi connectivity index (χ0) is 13.4. The van der Waals surface area contributed by atoms with Gasteiger partial charge in [-0.25, -0.2) is 0 Å². The molecule has 0 aliphatic rings. The van der Waals surface area contributed by atoms with E-state index in [9.17, 15) is 44.3 Å². The molecule has 0 atom stereocenters. The fourth-order valence-electron chi connectivity index (χ4n) is 0.452. The Labute approximate surface area is 80.7 Å². The second kappa shape index (κ2) is 3.94. The summed E-state index contributed by atoms with van der Waals surface area (Å²) >= 11 is 0. The Morgan fingerprint density at radius 2 is 1.00 bits per heavy atom. The highest BCUT2D eigenvalue weighted by molar-refractivity contribution is 6.03. The van der Waals surface area contributed by atoms with Crippen molar-refractivity contribution < 1.29 is 44.3 Å². The summed E-state index contributed by atoms with van der Waals surface area (Å²) in [6, 6.07) is 0. The van der Waals surface area contributed by atoms with Crippen LogP contribution >= 0.6 is 0 Å². The molecule has 0 N–H and O–H groups in total. The van der Waals surface area contributed by atoms with Crippen LogP contribution in [0.25, 0.3) is 0 Å². The van der Waals surface area contributed by atoms with E-state index in [1.165, 1.54) is 0 Å². The standard InChI is InChI=1S/C5F9NO/c6-3(7,8)1(4(9,10)11)15-2(16)5(12,13)14. The van der Waals surface area contributed by atoms with Crippen molar-refractivity contribution in [1.82, 2.24) is 0 Å². The molecule has 94 valence electrons. The van der Waals surface area contributed by atoms with Crippen LogP contribution in [0.1, 0.15) is 0 Å². The van der Waals surface area contributed by atoms with Crippen LogP contribution in [0.5, 0.6) is 0 Å². The lowest BCUT2D eigenvalue weighted by molar-refractivity contribution is -0.170. The predicted molar refractivity (Wildman–Crippen MR) is 30.6 cm³/mol. The summed E-state index contributed by atoms with van der Waals surface area (Å²) < 4.78 is 104. The van der Waals surface area contributed by atoms with E-state index in [4.69, 9.17) is 0 Å². The molecule has 16 heavy (non-hydrogen) atoms. The van der Waals surface area contributed by atoms with E-state index in [-0.39, 0.29) is 0 Å². The molecule has 0 unspecified atom stereocenters. The van der Waals surface area contributed by atoms with Gasteiger partial charge in [0.2, 0.25) is 5.71 Å². The van der Waals surface area contributed by atoms with Crippen molar-refractivity contribution in [2.45, 2.75) is 18.5 Å². The third kappa shape index (κ3) is 4.06. The molecule has 1 amide bonds. The van der Waals surface area contributed by atoms with E-state index >= 15 is 0 Å². The van der Waals surface area contributed by atoms with Gasteiger partial charge in [0.15, 0.2) is 0 Å². The molecule has 0 saturated heterocycles. The van der Waals surface area contributed by atoms with Gasteiger partial charge >= 0.3 is 24.4 Å². The van der Waals surface area contributed by atoms with Crippen molar-refractivity contribution in [2.75, 3.05) is 0 Å². The lowest BCUT2D eigenvalue weighted by atomic mass is 10.3. The molecule has 0 rings (SSSR count). The maximum absolute atomic E-state index is 11.6. The van der Waals surface area contributed by atoms with Gasteiger partial charge in [-0.05, 0) is 0 Å². The average Bonchev–Trinajstić information content (AvgIpc) is 1.92. The van der Waals surface area contributed by atoms with E-state index in [0.29, 0.717) is 0 Å². The normalized spacial score (nSPS) is 13.6. The Balaban J connectivity index is 5.41. The first-order chi connectivity index (χ1) is 6.76. The highest BCUT2D eigenvalue weighted by Gasteiger charge is 2.55. The molecule has 0 aromatic carbocycles. The summed E-state index contributed by atoms with van der Waals surface area (Å²) in [5.74, 6) is -3.47. The minimum absolute atomic E-state index is 0.993. The summed E-state index contributed by atoms with van der Waals surface area (Å²) in [4.78, 5) is 10.8. The Morgan fingerprint density at radius 1 is 0.688 bits per heavy atom. The Kier molecular flexibility index (Phi) is 3.62. The van der Waals surface area contributed by atoms with Gasteiger partial charge in [-0.2, -0.15) is 44.5 Å². The van der Waals surface area contributed by atoms with E-state index in [2.05, 4.69) is 0 Å². The summed E-state index contributed by atoms with van der Waals surface area (Å²) in [6.07, 6.45) is -18.3. The van der Waals surface area contributed by atoms with Crippen LogP contribution in [0.4, 0.5) is 39.5 Å². The van der Waals surface area contributed by atoms with E-state index in [0.717, 1.165) is 4.99 Å². The topological polar surface area (TPSA) is 29.4 Å². The minimum atomic E-state index is -6.20. The number of carbonyl (C=O) groups is 1. The number of halogens is 9. The monoisotopic (exact) mass is 261 g/mol. The molecule has 0 bridgehead atoms. The Bertz CT molecular complexity index is 289. The van der Waals surface area contributed by atoms with Gasteiger partial charge in [-0.3, -0.25) is 4.79 Å². The summed E-state index contributed by atoms with van der Waals surface area (Å²) in [7, 11) is 0. The highest BCUT2D eigenvalue weighted by Crippen LogP contribution is 2.31. The van der Waals surface area contributed by atoms with Crippen molar-refractivity contribution in [2.24, 2.45) is 4.99 Å². The van der Waals surface area contributed by atoms with Crippen molar-refractivity contribution in [3.63, 3.8) is 0 Å². The number of hydrogen-bond acceptors (Lipinski definition) is 1. The molecule has 0 radical (unpaired) electrons. The van der Waals surface area contributed by atoms with Crippen molar-refractivity contribution in [1.29, 1.82) is 0 Å². The first-order valence-corrected chi connectivity index (χ1v) is 3.10. The number of aliphatic imine (C=N–C) groups is 1. The molecular weight excluding hydrogens is 261 g/mol. The van der Waals surface area contributed by atoms with Gasteiger partial charge in [-0.1, -0.05) is 0 Å². The number of amides is 1. The van der Waals surface area contributed by atoms with Crippen LogP contribution in [-0.4, -0.2) is 30.1 Å². The van der Waals surface area contributed by atoms with Crippen molar-refractivity contribution >= 4 is 11.6 Å². The van der Waals surface area contributed by atoms with Gasteiger partial charge in [0, 0.05) is 0 Å². The summed E-state index contributed by atoms with van der Waals surface area (Å²) in [6.45, 7) is 0. The number of nitrogens with zero attached hydrogens (tertiary/aromatic N) is 1. The third-order valence-electron chi connectivity index (χ3n) is 0.993. The Hall–Kier alpha value is -1.29. The smallest absolute Gasteiger partial charge is 0.262 e. The largest absolute Gasteiger partial charge is 0.473 e. The molecule has 0 spiro atoms. The van der Waals surface area contributed by atoms with E-state index < -0.39 is 30.1 Å². The summed E-state index contributed by atoms with van der Waals surface area (Å²) in [5, 5.41) is 0. The zero-order valence-corrected chi connectivity index (χ0v) is 6.76. The maximum atomic E-state index is 11.6. The molecule has 0 aromatic rings. The number of rotatable bonds is 0. The van der Waals surface area contributed by atoms with Gasteiger partial charge < -0.3 is 0 Å². The van der Waals surface area contributed by atoms with Crippen LogP contribution in [0.3, 0.4) is 0 Å². The molecule has 0 aliphatic carbocycles. The minimum Gasteiger partial charge on any atom is -0.262 e. The quantitative estimate of drug-likeness (QED) is 0.487. The van der Waals surface area contributed by atoms with Gasteiger partial charge in [0.05, 0.1) is 0 Å². The van der Waals surface area contributed by atoms with Gasteiger partial charge in [0.25, 0.3) is 0 Å². The second-order valence-electron chi connectivity index (χ2n) is 2.26. The molecule has 11 heteroatoms. The van der Waals surface area contributed by atoms with E-state index in [1.54, 1.807) is 0 Å². The first-order valence-electron chi connectivity index (χ1n) is 3.10. The van der Waals surface area contributed by atoms with Crippen LogP contribution in [-0.2, 0) is 4.79 Å². The number of hydrogen-bond donors (Lipinski definition) is 0. The molecular formula is C5F9NO. The molecule has 0 aromatic heterocycles. The summed E-state index contributed by atoms with van der Waals surface area (Å²) in [5.41, 5.74) is -3.75. The molecule has 0 aliphatic heterocycles. The van der Waals surface area contributed by atoms with Crippen LogP contribution in [0.15, 0.2) is 4.99 Å². The predicted octanol–water partition coefficient (Wildman–Crippen LogP) is 2.64. The fourth-order valence-corrected chi connectivity index (χ4v) is 0.452. The number of alkyl halides is 9. The molecule has 2 nitrogen and oxygen atoms in total. The molecule has 0 saturated carbocycles. The lowest BCUT2D eigenvalue weighted by Gasteiger charge is -2.13. The SMILES string of the molecule is O=C(N=C(C(F)(F)F)C(F)(F)F)C(F)(F)F. The molecule has 0 fully saturated rings. The van der Waals surface area contributed by atoms with Gasteiger partial charge in [-0.15, -0.1) is 0 Å². The van der Waals surface area contributed by atoms with Gasteiger partial charge in [0.1, 0.15) is 0 Å². The third-order valence-corrected chi connectivity index (χ3v) is 0.993. The van der Waals surface area contributed by atoms with E-state index in [1.807, 2.05) is 0 Å². The fraction of sp³-hybridized carbons (Fsp3) is 0.600. The molecule has 0 heterocycles. The lowest BCUT2D eigenvalue weighted by Crippen LogP contribution is -2.39. The van der Waals surface area contributed by atoms with Crippen molar-refractivity contribution in [3.05, 3.63) is 0 Å². The number of carbonyl (C=O) groups excluding carboxylic acids is 1. The zero-order valence-electron chi connectivity index (χ0n) is 6.76.